The number of carbonyl (C=O) groups excluding carboxylic acids is 2. The molecule has 3 N–H and O–H groups in total. The fourth-order valence-electron chi connectivity index (χ4n) is 3.34. The van der Waals surface area contributed by atoms with Crippen molar-refractivity contribution in [3.63, 3.8) is 0 Å². The molecule has 0 atom stereocenters. The van der Waals surface area contributed by atoms with Gasteiger partial charge in [0.25, 0.3) is 0 Å². The number of piperidine rings is 1. The first kappa shape index (κ1) is 20.4. The predicted molar refractivity (Wildman–Crippen MR) is 109 cm³/mol. The summed E-state index contributed by atoms with van der Waals surface area (Å²) in [5.41, 5.74) is 7.65. The molecular weight excluding hydrogens is 374 g/mol. The summed E-state index contributed by atoms with van der Waals surface area (Å²) in [6.07, 6.45) is 2.77. The fourth-order valence-corrected chi connectivity index (χ4v) is 3.34. The average Bonchev–Trinajstić information content (AvgIpc) is 2.75. The molecule has 1 aromatic carbocycles. The molecule has 1 aromatic heterocycles. The first-order valence-electron chi connectivity index (χ1n) is 9.51. The van der Waals surface area contributed by atoms with Crippen LogP contribution in [0.1, 0.15) is 30.1 Å². The van der Waals surface area contributed by atoms with Crippen molar-refractivity contribution in [3.8, 4) is 0 Å². The predicted octanol–water partition coefficient (Wildman–Crippen LogP) is 2.37. The Morgan fingerprint density at radius 2 is 1.97 bits per heavy atom. The van der Waals surface area contributed by atoms with Gasteiger partial charge in [-0.3, -0.25) is 4.79 Å². The van der Waals surface area contributed by atoms with E-state index in [0.29, 0.717) is 54.5 Å². The van der Waals surface area contributed by atoms with Crippen molar-refractivity contribution in [2.24, 2.45) is 5.92 Å². The molecule has 1 fully saturated rings. The Morgan fingerprint density at radius 3 is 2.66 bits per heavy atom. The smallest absolute Gasteiger partial charge is 0.340 e. The summed E-state index contributed by atoms with van der Waals surface area (Å²) < 4.78 is 9.94. The van der Waals surface area contributed by atoms with Crippen molar-refractivity contribution in [3.05, 3.63) is 36.2 Å². The van der Waals surface area contributed by atoms with Gasteiger partial charge in [-0.1, -0.05) is 12.1 Å². The summed E-state index contributed by atoms with van der Waals surface area (Å²) in [5, 5.41) is 3.12. The van der Waals surface area contributed by atoms with Crippen LogP contribution < -0.4 is 16.0 Å². The molecule has 3 rings (SSSR count). The van der Waals surface area contributed by atoms with Crippen molar-refractivity contribution in [1.29, 1.82) is 0 Å². The summed E-state index contributed by atoms with van der Waals surface area (Å²) in [6, 6.07) is 7.00. The molecule has 1 aliphatic heterocycles. The zero-order chi connectivity index (χ0) is 20.8. The van der Waals surface area contributed by atoms with Crippen molar-refractivity contribution in [1.82, 2.24) is 9.97 Å². The lowest BCUT2D eigenvalue weighted by molar-refractivity contribution is -0.146. The molecule has 0 aliphatic carbocycles. The maximum atomic E-state index is 12.2. The number of methoxy groups -OCH3 is 1. The second kappa shape index (κ2) is 9.22. The van der Waals surface area contributed by atoms with Gasteiger partial charge >= 0.3 is 11.9 Å². The van der Waals surface area contributed by atoms with Crippen LogP contribution in [-0.4, -0.2) is 48.7 Å². The number of nitrogen functional groups attached to an aromatic ring is 1. The molecule has 0 unspecified atom stereocenters. The number of carbonyl (C=O) groups is 2. The standard InChI is InChI=1S/C20H25N5O4/c1-3-29-20(27)14-6-4-5-7-15(14)24-17-16(21)18(23-12-22-17)25-10-8-13(9-11-25)19(26)28-2/h4-7,12-13H,3,8-11,21H2,1-2H3,(H,22,23,24). The largest absolute Gasteiger partial charge is 0.469 e. The maximum absolute atomic E-state index is 12.2. The van der Waals surface area contributed by atoms with Gasteiger partial charge in [0.05, 0.1) is 30.9 Å². The number of para-hydroxylation sites is 1. The van der Waals surface area contributed by atoms with Crippen LogP contribution in [0.2, 0.25) is 0 Å². The topological polar surface area (TPSA) is 120 Å². The highest BCUT2D eigenvalue weighted by Crippen LogP contribution is 2.32. The molecule has 0 amide bonds. The highest BCUT2D eigenvalue weighted by Gasteiger charge is 2.27. The van der Waals surface area contributed by atoms with Gasteiger partial charge in [-0.15, -0.1) is 0 Å². The number of benzene rings is 1. The fraction of sp³-hybridized carbons (Fsp3) is 0.400. The average molecular weight is 399 g/mol. The molecular formula is C20H25N5O4. The summed E-state index contributed by atoms with van der Waals surface area (Å²) in [7, 11) is 1.41. The number of nitrogens with zero attached hydrogens (tertiary/aromatic N) is 3. The van der Waals surface area contributed by atoms with E-state index >= 15 is 0 Å². The third kappa shape index (κ3) is 4.56. The molecule has 0 bridgehead atoms. The van der Waals surface area contributed by atoms with E-state index in [1.165, 1.54) is 13.4 Å². The van der Waals surface area contributed by atoms with E-state index < -0.39 is 5.97 Å². The minimum absolute atomic E-state index is 0.103. The lowest BCUT2D eigenvalue weighted by Crippen LogP contribution is -2.37. The Kier molecular flexibility index (Phi) is 6.48. The van der Waals surface area contributed by atoms with Crippen LogP contribution in [0.3, 0.4) is 0 Å². The normalized spacial score (nSPS) is 14.3. The highest BCUT2D eigenvalue weighted by atomic mass is 16.5. The van der Waals surface area contributed by atoms with Gasteiger partial charge in [0, 0.05) is 13.1 Å². The first-order valence-corrected chi connectivity index (χ1v) is 9.51. The highest BCUT2D eigenvalue weighted by molar-refractivity contribution is 5.97. The van der Waals surface area contributed by atoms with Gasteiger partial charge in [0.15, 0.2) is 11.6 Å². The number of nitrogens with one attached hydrogen (secondary N) is 1. The molecule has 1 saturated heterocycles. The quantitative estimate of drug-likeness (QED) is 0.705. The minimum Gasteiger partial charge on any atom is -0.469 e. The Labute approximate surface area is 169 Å². The van der Waals surface area contributed by atoms with Crippen LogP contribution >= 0.6 is 0 Å². The van der Waals surface area contributed by atoms with Crippen LogP contribution in [0.15, 0.2) is 30.6 Å². The molecule has 2 heterocycles. The Hall–Kier alpha value is -3.36. The van der Waals surface area contributed by atoms with E-state index in [-0.39, 0.29) is 18.5 Å². The Bertz CT molecular complexity index is 881. The van der Waals surface area contributed by atoms with Gasteiger partial charge < -0.3 is 25.4 Å². The number of nitrogens with two attached hydrogens (primary N) is 1. The van der Waals surface area contributed by atoms with Crippen molar-refractivity contribution in [2.45, 2.75) is 19.8 Å². The maximum Gasteiger partial charge on any atom is 0.340 e. The summed E-state index contributed by atoms with van der Waals surface area (Å²) in [4.78, 5) is 34.5. The molecule has 9 heteroatoms. The summed E-state index contributed by atoms with van der Waals surface area (Å²) in [5.74, 6) is 0.293. The van der Waals surface area contributed by atoms with Gasteiger partial charge in [0.2, 0.25) is 0 Å². The SMILES string of the molecule is CCOC(=O)c1ccccc1Nc1ncnc(N2CCC(C(=O)OC)CC2)c1N. The second-order valence-electron chi connectivity index (χ2n) is 6.64. The third-order valence-electron chi connectivity index (χ3n) is 4.87. The number of ether oxygens (including phenoxy) is 2. The number of esters is 2. The lowest BCUT2D eigenvalue weighted by atomic mass is 9.97. The van der Waals surface area contributed by atoms with Crippen molar-refractivity contribution in [2.75, 3.05) is 42.8 Å². The Morgan fingerprint density at radius 1 is 1.24 bits per heavy atom. The number of aromatic nitrogens is 2. The number of rotatable bonds is 6. The zero-order valence-corrected chi connectivity index (χ0v) is 16.6. The van der Waals surface area contributed by atoms with E-state index in [1.807, 2.05) is 4.90 Å². The van der Waals surface area contributed by atoms with E-state index in [2.05, 4.69) is 15.3 Å². The number of hydrogen-bond acceptors (Lipinski definition) is 9. The molecule has 29 heavy (non-hydrogen) atoms. The van der Waals surface area contributed by atoms with Gasteiger partial charge in [-0.25, -0.2) is 14.8 Å². The molecule has 0 spiro atoms. The molecule has 154 valence electrons. The summed E-state index contributed by atoms with van der Waals surface area (Å²) >= 11 is 0. The van der Waals surface area contributed by atoms with E-state index in [9.17, 15) is 9.59 Å². The van der Waals surface area contributed by atoms with E-state index in [1.54, 1.807) is 31.2 Å². The van der Waals surface area contributed by atoms with E-state index in [0.717, 1.165) is 0 Å². The number of anilines is 4. The first-order chi connectivity index (χ1) is 14.0. The van der Waals surface area contributed by atoms with Crippen LogP contribution in [-0.2, 0) is 14.3 Å². The van der Waals surface area contributed by atoms with Gasteiger partial charge in [-0.2, -0.15) is 0 Å². The number of hydrogen-bond donors (Lipinski definition) is 2. The monoisotopic (exact) mass is 399 g/mol. The molecule has 0 saturated carbocycles. The zero-order valence-electron chi connectivity index (χ0n) is 16.6. The second-order valence-corrected chi connectivity index (χ2v) is 6.64. The van der Waals surface area contributed by atoms with Crippen LogP contribution in [0.25, 0.3) is 0 Å². The molecule has 1 aliphatic rings. The molecule has 9 nitrogen and oxygen atoms in total. The lowest BCUT2D eigenvalue weighted by Gasteiger charge is -2.32. The van der Waals surface area contributed by atoms with Crippen LogP contribution in [0.5, 0.6) is 0 Å². The van der Waals surface area contributed by atoms with Gasteiger partial charge in [0.1, 0.15) is 12.0 Å². The van der Waals surface area contributed by atoms with Crippen LogP contribution in [0, 0.1) is 5.92 Å². The van der Waals surface area contributed by atoms with E-state index in [4.69, 9.17) is 15.2 Å². The molecule has 2 aromatic rings. The van der Waals surface area contributed by atoms with Gasteiger partial charge in [-0.05, 0) is 31.9 Å². The van der Waals surface area contributed by atoms with Crippen molar-refractivity contribution < 1.29 is 19.1 Å². The molecule has 0 radical (unpaired) electrons. The van der Waals surface area contributed by atoms with Crippen LogP contribution in [0.4, 0.5) is 23.0 Å². The summed E-state index contributed by atoms with van der Waals surface area (Å²) in [6.45, 7) is 3.32. The van der Waals surface area contributed by atoms with Crippen molar-refractivity contribution >= 4 is 34.9 Å². The third-order valence-corrected chi connectivity index (χ3v) is 4.87. The Balaban J connectivity index is 1.79. The minimum atomic E-state index is -0.423.